The molecule has 3 heterocycles. The fraction of sp³-hybridized carbons (Fsp3) is 0.500. The van der Waals surface area contributed by atoms with E-state index in [1.807, 2.05) is 7.05 Å². The first-order valence-corrected chi connectivity index (χ1v) is 9.36. The summed E-state index contributed by atoms with van der Waals surface area (Å²) in [6, 6.07) is 0. The van der Waals surface area contributed by atoms with Crippen molar-refractivity contribution in [3.63, 3.8) is 0 Å². The molecule has 0 spiro atoms. The molecule has 0 radical (unpaired) electrons. The molecule has 2 aromatic heterocycles. The number of aromatic nitrogens is 4. The van der Waals surface area contributed by atoms with Gasteiger partial charge in [0.2, 0.25) is 5.95 Å². The molecule has 2 amide bonds. The fourth-order valence-corrected chi connectivity index (χ4v) is 3.83. The molecule has 10 nitrogen and oxygen atoms in total. The number of likely N-dealkylation sites (N-methyl/N-ethyl adjacent to an activating group) is 1. The smallest absolute Gasteiger partial charge is 0.270 e. The third-order valence-electron chi connectivity index (χ3n) is 5.48. The minimum absolute atomic E-state index is 0.107. The van der Waals surface area contributed by atoms with Crippen LogP contribution in [0, 0.1) is 6.92 Å². The summed E-state index contributed by atoms with van der Waals surface area (Å²) in [5, 5.41) is 4.23. The molecule has 1 aliphatic heterocycles. The van der Waals surface area contributed by atoms with Crippen LogP contribution in [0.5, 0.6) is 0 Å². The average molecular weight is 385 g/mol. The van der Waals surface area contributed by atoms with Gasteiger partial charge >= 0.3 is 0 Å². The predicted molar refractivity (Wildman–Crippen MR) is 101 cm³/mol. The van der Waals surface area contributed by atoms with E-state index in [1.54, 1.807) is 11.8 Å². The Labute approximate surface area is 161 Å². The molecule has 0 aromatic carbocycles. The van der Waals surface area contributed by atoms with Crippen LogP contribution in [0.15, 0.2) is 4.79 Å². The van der Waals surface area contributed by atoms with Gasteiger partial charge in [-0.1, -0.05) is 0 Å². The Balaban J connectivity index is 1.78. The number of carbonyl (C=O) groups is 2. The number of H-pyrrole nitrogens is 1. The zero-order valence-electron chi connectivity index (χ0n) is 16.0. The van der Waals surface area contributed by atoms with Crippen LogP contribution >= 0.6 is 0 Å². The predicted octanol–water partition coefficient (Wildman–Crippen LogP) is -0.761. The molecule has 2 aliphatic rings. The molecule has 2 aromatic rings. The van der Waals surface area contributed by atoms with Gasteiger partial charge in [-0.15, -0.1) is 0 Å². The minimum atomic E-state index is -0.789. The van der Waals surface area contributed by atoms with Crippen LogP contribution in [0.1, 0.15) is 44.2 Å². The van der Waals surface area contributed by atoms with Crippen LogP contribution < -0.4 is 11.3 Å². The van der Waals surface area contributed by atoms with Gasteiger partial charge in [0.15, 0.2) is 5.69 Å². The maximum atomic E-state index is 13.1. The van der Waals surface area contributed by atoms with Crippen LogP contribution in [0.3, 0.4) is 0 Å². The first-order valence-electron chi connectivity index (χ1n) is 9.36. The van der Waals surface area contributed by atoms with Crippen molar-refractivity contribution >= 4 is 11.8 Å². The molecular weight excluding hydrogens is 362 g/mol. The lowest BCUT2D eigenvalue weighted by molar-refractivity contribution is 0.0659. The molecule has 1 aliphatic carbocycles. The number of nitrogens with one attached hydrogen (secondary N) is 1. The Kier molecular flexibility index (Phi) is 4.50. The minimum Gasteiger partial charge on any atom is -0.364 e. The van der Waals surface area contributed by atoms with Crippen molar-refractivity contribution in [3.05, 3.63) is 38.6 Å². The van der Waals surface area contributed by atoms with E-state index in [0.717, 1.165) is 31.6 Å². The molecule has 28 heavy (non-hydrogen) atoms. The van der Waals surface area contributed by atoms with Gasteiger partial charge in [0.05, 0.1) is 17.0 Å². The van der Waals surface area contributed by atoms with E-state index in [4.69, 9.17) is 5.73 Å². The Hall–Kier alpha value is -3.01. The Bertz CT molecular complexity index is 1010. The van der Waals surface area contributed by atoms with Crippen LogP contribution in [0.4, 0.5) is 0 Å². The SMILES string of the molecule is Cc1c(C(=O)N2CCN(C)CC2)c(C(N)=O)nn1-c1nc2c(c(=O)[nH]1)CCC2. The van der Waals surface area contributed by atoms with Gasteiger partial charge in [-0.3, -0.25) is 19.4 Å². The van der Waals surface area contributed by atoms with Gasteiger partial charge < -0.3 is 15.5 Å². The van der Waals surface area contributed by atoms with Crippen molar-refractivity contribution in [2.24, 2.45) is 5.73 Å². The standard InChI is InChI=1S/C18H23N7O3/c1-10-13(17(28)24-8-6-23(2)7-9-24)14(15(19)26)22-25(10)18-20-12-5-3-4-11(12)16(27)21-18/h3-9H2,1-2H3,(H2,19,26)(H,20,21,27). The van der Waals surface area contributed by atoms with E-state index in [9.17, 15) is 14.4 Å². The number of hydrogen-bond acceptors (Lipinski definition) is 6. The highest BCUT2D eigenvalue weighted by Crippen LogP contribution is 2.21. The Morgan fingerprint density at radius 3 is 2.54 bits per heavy atom. The molecular formula is C18H23N7O3. The Morgan fingerprint density at radius 2 is 1.86 bits per heavy atom. The fourth-order valence-electron chi connectivity index (χ4n) is 3.83. The number of aryl methyl sites for hydroxylation is 1. The molecule has 4 rings (SSSR count). The van der Waals surface area contributed by atoms with Crippen LogP contribution in [0.25, 0.3) is 5.95 Å². The highest BCUT2D eigenvalue weighted by atomic mass is 16.2. The maximum Gasteiger partial charge on any atom is 0.270 e. The third kappa shape index (κ3) is 2.99. The molecule has 148 valence electrons. The van der Waals surface area contributed by atoms with Crippen molar-refractivity contribution in [2.75, 3.05) is 33.2 Å². The Morgan fingerprint density at radius 1 is 1.14 bits per heavy atom. The highest BCUT2D eigenvalue weighted by molar-refractivity contribution is 6.06. The van der Waals surface area contributed by atoms with Gasteiger partial charge in [-0.25, -0.2) is 9.67 Å². The largest absolute Gasteiger partial charge is 0.364 e. The van der Waals surface area contributed by atoms with E-state index in [-0.39, 0.29) is 28.7 Å². The lowest BCUT2D eigenvalue weighted by atomic mass is 10.1. The van der Waals surface area contributed by atoms with E-state index in [1.165, 1.54) is 4.68 Å². The molecule has 3 N–H and O–H groups in total. The highest BCUT2D eigenvalue weighted by Gasteiger charge is 2.31. The summed E-state index contributed by atoms with van der Waals surface area (Å²) >= 11 is 0. The van der Waals surface area contributed by atoms with Gasteiger partial charge in [-0.2, -0.15) is 5.10 Å². The molecule has 0 saturated carbocycles. The summed E-state index contributed by atoms with van der Waals surface area (Å²) in [7, 11) is 2.00. The lowest BCUT2D eigenvalue weighted by Crippen LogP contribution is -2.47. The zero-order valence-corrected chi connectivity index (χ0v) is 16.0. The van der Waals surface area contributed by atoms with E-state index in [2.05, 4.69) is 20.0 Å². The quantitative estimate of drug-likeness (QED) is 0.714. The number of nitrogens with two attached hydrogens (primary N) is 1. The van der Waals surface area contributed by atoms with E-state index >= 15 is 0 Å². The van der Waals surface area contributed by atoms with Crippen molar-refractivity contribution in [3.8, 4) is 5.95 Å². The topological polar surface area (TPSA) is 130 Å². The van der Waals surface area contributed by atoms with Gasteiger partial charge in [-0.05, 0) is 33.2 Å². The van der Waals surface area contributed by atoms with Crippen molar-refractivity contribution in [2.45, 2.75) is 26.2 Å². The number of nitrogens with zero attached hydrogens (tertiary/aromatic N) is 5. The summed E-state index contributed by atoms with van der Waals surface area (Å²) in [6.07, 6.45) is 2.31. The second-order valence-corrected chi connectivity index (χ2v) is 7.35. The summed E-state index contributed by atoms with van der Waals surface area (Å²) < 4.78 is 1.34. The number of piperazine rings is 1. The molecule has 0 atom stereocenters. The monoisotopic (exact) mass is 385 g/mol. The second kappa shape index (κ2) is 6.86. The zero-order chi connectivity index (χ0) is 20.0. The summed E-state index contributed by atoms with van der Waals surface area (Å²) in [5.41, 5.74) is 7.21. The van der Waals surface area contributed by atoms with Crippen molar-refractivity contribution in [1.29, 1.82) is 0 Å². The molecule has 10 heteroatoms. The van der Waals surface area contributed by atoms with E-state index in [0.29, 0.717) is 30.8 Å². The number of aromatic amines is 1. The van der Waals surface area contributed by atoms with Gasteiger partial charge in [0.25, 0.3) is 17.4 Å². The lowest BCUT2D eigenvalue weighted by Gasteiger charge is -2.32. The number of rotatable bonds is 3. The average Bonchev–Trinajstić information content (AvgIpc) is 3.26. The van der Waals surface area contributed by atoms with Crippen LogP contribution in [-0.4, -0.2) is 74.6 Å². The number of hydrogen-bond donors (Lipinski definition) is 2. The molecule has 0 bridgehead atoms. The molecule has 0 unspecified atom stereocenters. The number of primary amides is 1. The molecule has 1 saturated heterocycles. The van der Waals surface area contributed by atoms with E-state index < -0.39 is 5.91 Å². The summed E-state index contributed by atoms with van der Waals surface area (Å²) in [5.74, 6) is -0.875. The summed E-state index contributed by atoms with van der Waals surface area (Å²) in [6.45, 7) is 4.31. The number of amides is 2. The normalized spacial score (nSPS) is 17.0. The number of fused-ring (bicyclic) bond motifs is 1. The second-order valence-electron chi connectivity index (χ2n) is 7.35. The van der Waals surface area contributed by atoms with Crippen molar-refractivity contribution in [1.82, 2.24) is 29.5 Å². The van der Waals surface area contributed by atoms with Gasteiger partial charge in [0, 0.05) is 31.7 Å². The molecule has 1 fully saturated rings. The first-order chi connectivity index (χ1) is 13.4. The van der Waals surface area contributed by atoms with Crippen molar-refractivity contribution < 1.29 is 9.59 Å². The van der Waals surface area contributed by atoms with Crippen LogP contribution in [0.2, 0.25) is 0 Å². The number of carbonyl (C=O) groups excluding carboxylic acids is 2. The van der Waals surface area contributed by atoms with Crippen LogP contribution in [-0.2, 0) is 12.8 Å². The van der Waals surface area contributed by atoms with Gasteiger partial charge in [0.1, 0.15) is 0 Å². The maximum absolute atomic E-state index is 13.1. The first kappa shape index (κ1) is 18.4. The summed E-state index contributed by atoms with van der Waals surface area (Å²) in [4.78, 5) is 48.5. The third-order valence-corrected chi connectivity index (χ3v) is 5.48.